The number of amides is 1. The highest BCUT2D eigenvalue weighted by atomic mass is 16.2. The quantitative estimate of drug-likeness (QED) is 0.765. The number of carbonyl (C=O) groups is 1. The fourth-order valence-electron chi connectivity index (χ4n) is 4.20. The van der Waals surface area contributed by atoms with Crippen LogP contribution in [0.4, 0.5) is 0 Å². The highest BCUT2D eigenvalue weighted by Crippen LogP contribution is 2.29. The van der Waals surface area contributed by atoms with E-state index in [9.17, 15) is 4.79 Å². The molecule has 3 heterocycles. The number of aromatic nitrogens is 1. The number of rotatable bonds is 2. The van der Waals surface area contributed by atoms with Crippen LogP contribution in [0.15, 0.2) is 42.5 Å². The van der Waals surface area contributed by atoms with Crippen molar-refractivity contribution >= 4 is 27.6 Å². The van der Waals surface area contributed by atoms with Gasteiger partial charge in [0.2, 0.25) is 0 Å². The summed E-state index contributed by atoms with van der Waals surface area (Å²) in [4.78, 5) is 18.3. The van der Waals surface area contributed by atoms with Crippen molar-refractivity contribution < 1.29 is 4.79 Å². The number of hydrogen-bond donors (Lipinski definition) is 2. The lowest BCUT2D eigenvalue weighted by molar-refractivity contribution is 0.0920. The molecule has 1 aromatic heterocycles. The van der Waals surface area contributed by atoms with Crippen LogP contribution in [0, 0.1) is 5.92 Å². The smallest absolute Gasteiger partial charge is 0.268 e. The van der Waals surface area contributed by atoms with Crippen LogP contribution >= 0.6 is 0 Å². The molecule has 0 spiro atoms. The molecule has 3 atom stereocenters. The molecule has 2 bridgehead atoms. The first-order valence-electron chi connectivity index (χ1n) is 8.31. The van der Waals surface area contributed by atoms with Crippen LogP contribution in [-0.4, -0.2) is 41.5 Å². The van der Waals surface area contributed by atoms with E-state index in [2.05, 4.69) is 39.5 Å². The number of nitrogens with one attached hydrogen (secondary N) is 2. The first-order chi connectivity index (χ1) is 11.3. The van der Waals surface area contributed by atoms with E-state index < -0.39 is 0 Å². The molecule has 2 fully saturated rings. The molecular formula is C19H19N3O. The van der Waals surface area contributed by atoms with Crippen molar-refractivity contribution in [3.8, 4) is 0 Å². The van der Waals surface area contributed by atoms with E-state index in [0.29, 0.717) is 17.7 Å². The summed E-state index contributed by atoms with van der Waals surface area (Å²) < 4.78 is 0. The van der Waals surface area contributed by atoms with Gasteiger partial charge in [-0.2, -0.15) is 0 Å². The predicted octanol–water partition coefficient (Wildman–Crippen LogP) is 2.75. The van der Waals surface area contributed by atoms with Gasteiger partial charge >= 0.3 is 0 Å². The van der Waals surface area contributed by atoms with Crippen LogP contribution in [0.1, 0.15) is 16.9 Å². The average Bonchev–Trinajstić information content (AvgIpc) is 3.29. The molecule has 0 radical (unpaired) electrons. The zero-order chi connectivity index (χ0) is 15.4. The topological polar surface area (TPSA) is 48.1 Å². The lowest BCUT2D eigenvalue weighted by atomic mass is 10.00. The number of hydrogen-bond acceptors (Lipinski definition) is 2. The minimum atomic E-state index is 0.0176. The normalized spacial score (nSPS) is 26.2. The first kappa shape index (κ1) is 13.1. The van der Waals surface area contributed by atoms with Gasteiger partial charge in [0.05, 0.1) is 0 Å². The minimum absolute atomic E-state index is 0.0176. The Morgan fingerprint density at radius 2 is 2.04 bits per heavy atom. The Balaban J connectivity index is 1.48. The predicted molar refractivity (Wildman–Crippen MR) is 91.6 cm³/mol. The summed E-state index contributed by atoms with van der Waals surface area (Å²) in [7, 11) is 0. The van der Waals surface area contributed by atoms with E-state index in [1.807, 2.05) is 18.2 Å². The molecule has 116 valence electrons. The molecule has 0 saturated carbocycles. The van der Waals surface area contributed by atoms with Gasteiger partial charge in [-0.25, -0.2) is 0 Å². The van der Waals surface area contributed by atoms with Crippen molar-refractivity contribution in [1.29, 1.82) is 0 Å². The van der Waals surface area contributed by atoms with Crippen molar-refractivity contribution in [2.24, 2.45) is 5.92 Å². The van der Waals surface area contributed by atoms with Gasteiger partial charge in [-0.05, 0) is 41.8 Å². The molecule has 23 heavy (non-hydrogen) atoms. The number of piperidine rings is 1. The van der Waals surface area contributed by atoms with Crippen LogP contribution in [-0.2, 0) is 0 Å². The second-order valence-corrected chi connectivity index (χ2v) is 6.82. The maximum Gasteiger partial charge on any atom is 0.268 e. The second kappa shape index (κ2) is 4.83. The van der Waals surface area contributed by atoms with E-state index in [4.69, 9.17) is 0 Å². The van der Waals surface area contributed by atoms with Crippen molar-refractivity contribution in [2.45, 2.75) is 12.5 Å². The molecule has 3 aromatic rings. The summed E-state index contributed by atoms with van der Waals surface area (Å²) in [6.45, 7) is 3.33. The molecule has 2 N–H and O–H groups in total. The zero-order valence-electron chi connectivity index (χ0n) is 12.9. The molecule has 0 aliphatic carbocycles. The Kier molecular flexibility index (Phi) is 2.76. The van der Waals surface area contributed by atoms with Gasteiger partial charge in [-0.1, -0.05) is 30.3 Å². The van der Waals surface area contributed by atoms with Crippen molar-refractivity contribution in [3.63, 3.8) is 0 Å². The van der Waals surface area contributed by atoms with Crippen LogP contribution in [0.2, 0.25) is 0 Å². The summed E-state index contributed by atoms with van der Waals surface area (Å²) in [6, 6.07) is 14.7. The maximum absolute atomic E-state index is 12.6. The Morgan fingerprint density at radius 3 is 2.87 bits per heavy atom. The number of benzene rings is 2. The van der Waals surface area contributed by atoms with Crippen molar-refractivity contribution in [3.05, 3.63) is 48.2 Å². The number of H-pyrrole nitrogens is 1. The summed E-state index contributed by atoms with van der Waals surface area (Å²) in [5.41, 5.74) is 1.68. The molecule has 2 aromatic carbocycles. The Hall–Kier alpha value is -2.33. The van der Waals surface area contributed by atoms with E-state index in [1.165, 1.54) is 23.7 Å². The summed E-state index contributed by atoms with van der Waals surface area (Å²) in [6.07, 6.45) is 1.21. The monoisotopic (exact) mass is 305 g/mol. The summed E-state index contributed by atoms with van der Waals surface area (Å²) >= 11 is 0. The first-order valence-corrected chi connectivity index (χ1v) is 8.31. The fraction of sp³-hybridized carbons (Fsp3) is 0.316. The second-order valence-electron chi connectivity index (χ2n) is 6.82. The fourth-order valence-corrected chi connectivity index (χ4v) is 4.20. The minimum Gasteiger partial charge on any atom is -0.351 e. The van der Waals surface area contributed by atoms with E-state index in [-0.39, 0.29) is 5.91 Å². The van der Waals surface area contributed by atoms with Crippen molar-refractivity contribution in [2.75, 3.05) is 19.6 Å². The number of nitrogens with zero attached hydrogens (tertiary/aromatic N) is 1. The number of aromatic amines is 1. The molecule has 2 saturated heterocycles. The lowest BCUT2D eigenvalue weighted by Crippen LogP contribution is -2.43. The molecule has 2 aliphatic rings. The lowest BCUT2D eigenvalue weighted by Gasteiger charge is -2.22. The van der Waals surface area contributed by atoms with E-state index in [1.54, 1.807) is 0 Å². The van der Waals surface area contributed by atoms with Gasteiger partial charge in [-0.15, -0.1) is 0 Å². The van der Waals surface area contributed by atoms with Gasteiger partial charge in [-0.3, -0.25) is 4.79 Å². The Morgan fingerprint density at radius 1 is 1.13 bits per heavy atom. The third kappa shape index (κ3) is 2.05. The van der Waals surface area contributed by atoms with E-state index in [0.717, 1.165) is 24.0 Å². The molecular weight excluding hydrogens is 286 g/mol. The third-order valence-corrected chi connectivity index (χ3v) is 5.42. The van der Waals surface area contributed by atoms with Gasteiger partial charge in [0.25, 0.3) is 5.91 Å². The van der Waals surface area contributed by atoms with Gasteiger partial charge in [0, 0.05) is 30.0 Å². The molecule has 4 nitrogen and oxygen atoms in total. The van der Waals surface area contributed by atoms with Gasteiger partial charge in [0.1, 0.15) is 5.69 Å². The molecule has 2 aliphatic heterocycles. The van der Waals surface area contributed by atoms with Crippen LogP contribution in [0.5, 0.6) is 0 Å². The SMILES string of the molecule is O=C(NC1CN2CCC1C2)c1cc2c(ccc3ccccc32)[nH]1. The third-order valence-electron chi connectivity index (χ3n) is 5.42. The highest BCUT2D eigenvalue weighted by molar-refractivity contribution is 6.09. The van der Waals surface area contributed by atoms with Gasteiger partial charge < -0.3 is 15.2 Å². The van der Waals surface area contributed by atoms with E-state index >= 15 is 0 Å². The number of carbonyl (C=O) groups excluding carboxylic acids is 1. The van der Waals surface area contributed by atoms with Gasteiger partial charge in [0.15, 0.2) is 0 Å². The Labute approximate surface area is 134 Å². The van der Waals surface area contributed by atoms with Crippen molar-refractivity contribution in [1.82, 2.24) is 15.2 Å². The number of fused-ring (bicyclic) bond motifs is 5. The molecule has 5 rings (SSSR count). The largest absolute Gasteiger partial charge is 0.351 e. The van der Waals surface area contributed by atoms with Crippen LogP contribution in [0.25, 0.3) is 21.7 Å². The molecule has 4 heteroatoms. The standard InChI is InChI=1S/C19H19N3O/c23-19(21-18-11-22-8-7-13(18)10-22)17-9-15-14-4-2-1-3-12(14)5-6-16(15)20-17/h1-6,9,13,18,20H,7-8,10-11H2,(H,21,23). The van der Waals surface area contributed by atoms with Crippen LogP contribution in [0.3, 0.4) is 0 Å². The maximum atomic E-state index is 12.6. The summed E-state index contributed by atoms with van der Waals surface area (Å²) in [5, 5.41) is 6.73. The Bertz CT molecular complexity index is 913. The highest BCUT2D eigenvalue weighted by Gasteiger charge is 2.38. The molecule has 3 unspecified atom stereocenters. The van der Waals surface area contributed by atoms with Crippen LogP contribution < -0.4 is 5.32 Å². The molecule has 1 amide bonds. The zero-order valence-corrected chi connectivity index (χ0v) is 12.9. The summed E-state index contributed by atoms with van der Waals surface area (Å²) in [5.74, 6) is 0.646. The average molecular weight is 305 g/mol.